The minimum atomic E-state index is -0.335. The number of hydrogen-bond donors (Lipinski definition) is 1. The van der Waals surface area contributed by atoms with E-state index >= 15 is 0 Å². The van der Waals surface area contributed by atoms with Gasteiger partial charge in [-0.15, -0.1) is 0 Å². The fourth-order valence-electron chi connectivity index (χ4n) is 2.19. The molecular weight excluding hydrogens is 342 g/mol. The van der Waals surface area contributed by atoms with Gasteiger partial charge in [-0.3, -0.25) is 9.59 Å². The molecule has 0 aliphatic heterocycles. The molecule has 0 fully saturated rings. The predicted molar refractivity (Wildman–Crippen MR) is 98.2 cm³/mol. The van der Waals surface area contributed by atoms with Gasteiger partial charge in [0.2, 0.25) is 0 Å². The van der Waals surface area contributed by atoms with E-state index in [1.165, 1.54) is 20.1 Å². The van der Waals surface area contributed by atoms with Gasteiger partial charge in [-0.1, -0.05) is 18.5 Å². The molecule has 1 N–H and O–H groups in total. The molecule has 0 bridgehead atoms. The lowest BCUT2D eigenvalue weighted by Crippen LogP contribution is -2.12. The highest BCUT2D eigenvalue weighted by atomic mass is 35.5. The van der Waals surface area contributed by atoms with E-state index in [1.807, 2.05) is 6.92 Å². The molecule has 0 heterocycles. The maximum atomic E-state index is 12.4. The Morgan fingerprint density at radius 1 is 1.12 bits per heavy atom. The van der Waals surface area contributed by atoms with Gasteiger partial charge in [0.25, 0.3) is 5.91 Å². The van der Waals surface area contributed by atoms with E-state index in [0.29, 0.717) is 39.9 Å². The maximum absolute atomic E-state index is 12.4. The summed E-state index contributed by atoms with van der Waals surface area (Å²) in [5.74, 6) is 0.460. The number of benzene rings is 2. The van der Waals surface area contributed by atoms with E-state index in [0.717, 1.165) is 6.42 Å². The Morgan fingerprint density at radius 3 is 2.36 bits per heavy atom. The molecule has 0 radical (unpaired) electrons. The minimum absolute atomic E-state index is 0.0305. The van der Waals surface area contributed by atoms with E-state index in [4.69, 9.17) is 21.1 Å². The van der Waals surface area contributed by atoms with E-state index in [-0.39, 0.29) is 11.7 Å². The summed E-state index contributed by atoms with van der Waals surface area (Å²) in [5.41, 5.74) is 1.51. The average molecular weight is 362 g/mol. The zero-order valence-electron chi connectivity index (χ0n) is 14.4. The van der Waals surface area contributed by atoms with Crippen molar-refractivity contribution in [3.8, 4) is 11.5 Å². The van der Waals surface area contributed by atoms with Crippen LogP contribution in [0.3, 0.4) is 0 Å². The van der Waals surface area contributed by atoms with E-state index in [2.05, 4.69) is 5.32 Å². The monoisotopic (exact) mass is 361 g/mol. The lowest BCUT2D eigenvalue weighted by atomic mass is 10.1. The first-order valence-electron chi connectivity index (χ1n) is 7.89. The van der Waals surface area contributed by atoms with Crippen LogP contribution < -0.4 is 14.8 Å². The number of carbonyl (C=O) groups is 2. The normalized spacial score (nSPS) is 10.2. The molecule has 0 aromatic heterocycles. The number of ketones is 1. The fraction of sp³-hybridized carbons (Fsp3) is 0.263. The van der Waals surface area contributed by atoms with Crippen molar-refractivity contribution in [2.75, 3.05) is 19.0 Å². The number of rotatable bonds is 7. The first kappa shape index (κ1) is 18.8. The average Bonchev–Trinajstić information content (AvgIpc) is 2.60. The van der Waals surface area contributed by atoms with Crippen LogP contribution >= 0.6 is 11.6 Å². The zero-order valence-corrected chi connectivity index (χ0v) is 15.1. The van der Waals surface area contributed by atoms with Crippen LogP contribution in [0.25, 0.3) is 0 Å². The molecule has 0 spiro atoms. The van der Waals surface area contributed by atoms with Gasteiger partial charge in [0.05, 0.1) is 18.7 Å². The van der Waals surface area contributed by atoms with Crippen molar-refractivity contribution in [1.29, 1.82) is 0 Å². The minimum Gasteiger partial charge on any atom is -0.493 e. The number of hydrogen-bond acceptors (Lipinski definition) is 4. The van der Waals surface area contributed by atoms with Crippen molar-refractivity contribution < 1.29 is 19.1 Å². The largest absolute Gasteiger partial charge is 0.493 e. The van der Waals surface area contributed by atoms with Crippen LogP contribution in [0.5, 0.6) is 11.5 Å². The van der Waals surface area contributed by atoms with E-state index in [9.17, 15) is 9.59 Å². The van der Waals surface area contributed by atoms with Gasteiger partial charge < -0.3 is 14.8 Å². The van der Waals surface area contributed by atoms with Gasteiger partial charge in [-0.2, -0.15) is 0 Å². The molecule has 25 heavy (non-hydrogen) atoms. The van der Waals surface area contributed by atoms with E-state index in [1.54, 1.807) is 30.3 Å². The first-order chi connectivity index (χ1) is 12.0. The summed E-state index contributed by atoms with van der Waals surface area (Å²) < 4.78 is 10.9. The summed E-state index contributed by atoms with van der Waals surface area (Å²) in [4.78, 5) is 23.7. The quantitative estimate of drug-likeness (QED) is 0.732. The van der Waals surface area contributed by atoms with Gasteiger partial charge in [0.1, 0.15) is 0 Å². The van der Waals surface area contributed by atoms with Crippen LogP contribution in [-0.4, -0.2) is 25.4 Å². The standard InChI is InChI=1S/C19H20ClNO4/c1-4-9-25-18-16(20)10-14(11-17(18)24-3)19(23)21-15-7-5-13(6-8-15)12(2)22/h5-8,10-11H,4,9H2,1-3H3,(H,21,23). The molecule has 0 aliphatic carbocycles. The molecular formula is C19H20ClNO4. The summed E-state index contributed by atoms with van der Waals surface area (Å²) in [7, 11) is 1.49. The number of nitrogens with one attached hydrogen (secondary N) is 1. The highest BCUT2D eigenvalue weighted by molar-refractivity contribution is 6.32. The second-order valence-electron chi connectivity index (χ2n) is 5.43. The van der Waals surface area contributed by atoms with Crippen LogP contribution in [0.15, 0.2) is 36.4 Å². The van der Waals surface area contributed by atoms with Gasteiger partial charge in [0, 0.05) is 16.8 Å². The zero-order chi connectivity index (χ0) is 18.4. The van der Waals surface area contributed by atoms with Crippen LogP contribution in [0.4, 0.5) is 5.69 Å². The smallest absolute Gasteiger partial charge is 0.255 e. The second-order valence-corrected chi connectivity index (χ2v) is 5.83. The number of carbonyl (C=O) groups excluding carboxylic acids is 2. The summed E-state index contributed by atoms with van der Waals surface area (Å²) in [5, 5.41) is 3.07. The SMILES string of the molecule is CCCOc1c(Cl)cc(C(=O)Nc2ccc(C(C)=O)cc2)cc1OC. The van der Waals surface area contributed by atoms with Crippen molar-refractivity contribution in [2.24, 2.45) is 0 Å². The highest BCUT2D eigenvalue weighted by Crippen LogP contribution is 2.36. The maximum Gasteiger partial charge on any atom is 0.255 e. The molecule has 0 aliphatic rings. The molecule has 1 amide bonds. The van der Waals surface area contributed by atoms with Crippen molar-refractivity contribution in [3.05, 3.63) is 52.5 Å². The fourth-order valence-corrected chi connectivity index (χ4v) is 2.45. The van der Waals surface area contributed by atoms with Crippen molar-refractivity contribution >= 4 is 29.0 Å². The summed E-state index contributed by atoms with van der Waals surface area (Å²) in [6.45, 7) is 3.98. The lowest BCUT2D eigenvalue weighted by Gasteiger charge is -2.14. The number of amides is 1. The number of Topliss-reactive ketones (excluding diaryl/α,β-unsaturated/α-hetero) is 1. The number of halogens is 1. The molecule has 0 unspecified atom stereocenters. The Hall–Kier alpha value is -2.53. The molecule has 2 aromatic carbocycles. The van der Waals surface area contributed by atoms with E-state index < -0.39 is 0 Å². The molecule has 2 rings (SSSR count). The van der Waals surface area contributed by atoms with Gasteiger partial charge in [-0.05, 0) is 49.7 Å². The van der Waals surface area contributed by atoms with Gasteiger partial charge in [-0.25, -0.2) is 0 Å². The number of methoxy groups -OCH3 is 1. The Balaban J connectivity index is 2.21. The second kappa shape index (κ2) is 8.53. The molecule has 0 saturated carbocycles. The van der Waals surface area contributed by atoms with Crippen molar-refractivity contribution in [2.45, 2.75) is 20.3 Å². The molecule has 0 atom stereocenters. The van der Waals surface area contributed by atoms with Crippen LogP contribution in [-0.2, 0) is 0 Å². The van der Waals surface area contributed by atoms with Crippen molar-refractivity contribution in [1.82, 2.24) is 0 Å². The summed E-state index contributed by atoms with van der Waals surface area (Å²) >= 11 is 6.23. The molecule has 2 aromatic rings. The topological polar surface area (TPSA) is 64.6 Å². The number of ether oxygens (including phenoxy) is 2. The van der Waals surface area contributed by atoms with Gasteiger partial charge >= 0.3 is 0 Å². The third-order valence-corrected chi connectivity index (χ3v) is 3.77. The number of anilines is 1. The first-order valence-corrected chi connectivity index (χ1v) is 8.26. The molecule has 0 saturated heterocycles. The molecule has 132 valence electrons. The highest BCUT2D eigenvalue weighted by Gasteiger charge is 2.16. The van der Waals surface area contributed by atoms with Crippen LogP contribution in [0, 0.1) is 0 Å². The predicted octanol–water partition coefficient (Wildman–Crippen LogP) is 4.59. The Morgan fingerprint density at radius 2 is 1.80 bits per heavy atom. The third-order valence-electron chi connectivity index (χ3n) is 3.49. The van der Waals surface area contributed by atoms with Crippen LogP contribution in [0.1, 0.15) is 41.0 Å². The van der Waals surface area contributed by atoms with Crippen molar-refractivity contribution in [3.63, 3.8) is 0 Å². The summed E-state index contributed by atoms with van der Waals surface area (Å²) in [6, 6.07) is 9.78. The van der Waals surface area contributed by atoms with Gasteiger partial charge in [0.15, 0.2) is 17.3 Å². The Kier molecular flexibility index (Phi) is 6.42. The Labute approximate surface area is 151 Å². The third kappa shape index (κ3) is 4.73. The summed E-state index contributed by atoms with van der Waals surface area (Å²) in [6.07, 6.45) is 0.831. The molecule has 6 heteroatoms. The van der Waals surface area contributed by atoms with Crippen LogP contribution in [0.2, 0.25) is 5.02 Å². The Bertz CT molecular complexity index is 772. The molecule has 5 nitrogen and oxygen atoms in total. The lowest BCUT2D eigenvalue weighted by molar-refractivity contribution is 0.101.